The highest BCUT2D eigenvalue weighted by Gasteiger charge is 2.38. The summed E-state index contributed by atoms with van der Waals surface area (Å²) in [5, 5.41) is 3.48. The number of ether oxygens (including phenoxy) is 1. The lowest BCUT2D eigenvalue weighted by atomic mass is 9.74. The fraction of sp³-hybridized carbons (Fsp3) is 0.650. The van der Waals surface area contributed by atoms with Crippen LogP contribution in [0.25, 0.3) is 0 Å². The molecule has 154 valence electrons. The average molecular weight is 408 g/mol. The normalized spacial score (nSPS) is 27.1. The first-order valence-corrected chi connectivity index (χ1v) is 11.6. The summed E-state index contributed by atoms with van der Waals surface area (Å²) in [4.78, 5) is 15.2. The van der Waals surface area contributed by atoms with Gasteiger partial charge in [-0.05, 0) is 56.5 Å². The minimum Gasteiger partial charge on any atom is -0.379 e. The number of carbonyl (C=O) groups is 1. The molecule has 1 atom stereocenters. The van der Waals surface area contributed by atoms with Crippen molar-refractivity contribution in [3.63, 3.8) is 0 Å². The molecule has 1 aromatic rings. The topological polar surface area (TPSA) is 79.0 Å². The van der Waals surface area contributed by atoms with Crippen LogP contribution in [0, 0.1) is 5.41 Å². The van der Waals surface area contributed by atoms with E-state index in [1.165, 1.54) is 17.1 Å². The molecule has 3 aliphatic heterocycles. The molecule has 1 spiro atoms. The Hall–Kier alpha value is -1.48. The molecule has 28 heavy (non-hydrogen) atoms. The number of carbonyl (C=O) groups excluding carboxylic acids is 1. The monoisotopic (exact) mass is 407 g/mol. The van der Waals surface area contributed by atoms with Crippen molar-refractivity contribution >= 4 is 15.9 Å². The summed E-state index contributed by atoms with van der Waals surface area (Å²) in [5.41, 5.74) is 0.757. The molecule has 3 fully saturated rings. The third kappa shape index (κ3) is 3.96. The zero-order chi connectivity index (χ0) is 19.6. The van der Waals surface area contributed by atoms with Gasteiger partial charge in [0.05, 0.1) is 18.1 Å². The summed E-state index contributed by atoms with van der Waals surface area (Å²) in [6, 6.07) is 6.41. The SMILES string of the molecule is O=C(c1ccc(S(=O)(=O)N2CCOCC2)cc1)N1CCCC2(CCCNC2)C1. The van der Waals surface area contributed by atoms with E-state index in [1.54, 1.807) is 24.3 Å². The molecule has 0 aliphatic carbocycles. The van der Waals surface area contributed by atoms with Crippen molar-refractivity contribution < 1.29 is 17.9 Å². The number of likely N-dealkylation sites (tertiary alicyclic amines) is 1. The molecule has 8 heteroatoms. The zero-order valence-corrected chi connectivity index (χ0v) is 17.0. The quantitative estimate of drug-likeness (QED) is 0.817. The summed E-state index contributed by atoms with van der Waals surface area (Å²) in [7, 11) is -3.53. The fourth-order valence-electron chi connectivity index (χ4n) is 4.65. The van der Waals surface area contributed by atoms with E-state index >= 15 is 0 Å². The second kappa shape index (κ2) is 8.10. The van der Waals surface area contributed by atoms with Gasteiger partial charge in [-0.1, -0.05) is 0 Å². The predicted octanol–water partition coefficient (Wildman–Crippen LogP) is 1.31. The van der Waals surface area contributed by atoms with E-state index in [0.29, 0.717) is 31.9 Å². The van der Waals surface area contributed by atoms with Gasteiger partial charge in [-0.25, -0.2) is 8.42 Å². The van der Waals surface area contributed by atoms with Gasteiger partial charge in [0.2, 0.25) is 10.0 Å². The minimum atomic E-state index is -3.53. The van der Waals surface area contributed by atoms with Gasteiger partial charge in [0.15, 0.2) is 0 Å². The standard InChI is InChI=1S/C20H29N3O4S/c24-19(22-10-2-8-20(16-22)7-1-9-21-15-20)17-3-5-18(6-4-17)28(25,26)23-11-13-27-14-12-23/h3-6,21H,1-2,7-16H2. The highest BCUT2D eigenvalue weighted by molar-refractivity contribution is 7.89. The van der Waals surface area contributed by atoms with E-state index in [9.17, 15) is 13.2 Å². The van der Waals surface area contributed by atoms with Crippen LogP contribution in [0.1, 0.15) is 36.0 Å². The lowest BCUT2D eigenvalue weighted by molar-refractivity contribution is 0.0434. The molecular weight excluding hydrogens is 378 g/mol. The Morgan fingerprint density at radius 2 is 1.75 bits per heavy atom. The zero-order valence-electron chi connectivity index (χ0n) is 16.2. The van der Waals surface area contributed by atoms with E-state index in [1.807, 2.05) is 4.90 Å². The Balaban J connectivity index is 1.46. The number of sulfonamides is 1. The Kier molecular flexibility index (Phi) is 5.73. The van der Waals surface area contributed by atoms with Crippen LogP contribution in [0.4, 0.5) is 0 Å². The number of benzene rings is 1. The van der Waals surface area contributed by atoms with Crippen LogP contribution in [0.15, 0.2) is 29.2 Å². The number of nitrogens with one attached hydrogen (secondary N) is 1. The third-order valence-corrected chi connectivity index (χ3v) is 8.13. The van der Waals surface area contributed by atoms with Crippen LogP contribution in [0.5, 0.6) is 0 Å². The van der Waals surface area contributed by atoms with Crippen LogP contribution in [-0.4, -0.2) is 76.0 Å². The largest absolute Gasteiger partial charge is 0.379 e. The lowest BCUT2D eigenvalue weighted by Crippen LogP contribution is -2.52. The molecule has 1 aromatic carbocycles. The molecule has 0 saturated carbocycles. The summed E-state index contributed by atoms with van der Waals surface area (Å²) >= 11 is 0. The highest BCUT2D eigenvalue weighted by Crippen LogP contribution is 2.36. The molecule has 0 bridgehead atoms. The Labute approximate surface area is 167 Å². The molecule has 1 unspecified atom stereocenters. The van der Waals surface area contributed by atoms with Crippen LogP contribution in [0.3, 0.4) is 0 Å². The van der Waals surface area contributed by atoms with Gasteiger partial charge < -0.3 is 15.0 Å². The van der Waals surface area contributed by atoms with Crippen molar-refractivity contribution in [3.8, 4) is 0 Å². The molecule has 1 amide bonds. The number of hydrogen-bond acceptors (Lipinski definition) is 5. The minimum absolute atomic E-state index is 0.0000288. The summed E-state index contributed by atoms with van der Waals surface area (Å²) in [6.45, 7) is 5.17. The van der Waals surface area contributed by atoms with Gasteiger partial charge >= 0.3 is 0 Å². The fourth-order valence-corrected chi connectivity index (χ4v) is 6.06. The number of amides is 1. The lowest BCUT2D eigenvalue weighted by Gasteiger charge is -2.45. The highest BCUT2D eigenvalue weighted by atomic mass is 32.2. The molecule has 4 rings (SSSR count). The Bertz CT molecular complexity index is 792. The van der Waals surface area contributed by atoms with Crippen molar-refractivity contribution in [2.75, 3.05) is 52.5 Å². The van der Waals surface area contributed by atoms with Gasteiger partial charge in [0, 0.05) is 43.7 Å². The summed E-state index contributed by atoms with van der Waals surface area (Å²) in [5.74, 6) is -0.0000288. The molecular formula is C20H29N3O4S. The van der Waals surface area contributed by atoms with Crippen molar-refractivity contribution in [1.29, 1.82) is 0 Å². The first-order chi connectivity index (χ1) is 13.5. The van der Waals surface area contributed by atoms with E-state index in [0.717, 1.165) is 39.0 Å². The number of hydrogen-bond donors (Lipinski definition) is 1. The van der Waals surface area contributed by atoms with Crippen LogP contribution < -0.4 is 5.32 Å². The maximum absolute atomic E-state index is 13.0. The molecule has 1 N–H and O–H groups in total. The van der Waals surface area contributed by atoms with E-state index in [-0.39, 0.29) is 16.2 Å². The third-order valence-electron chi connectivity index (χ3n) is 6.22. The first-order valence-electron chi connectivity index (χ1n) is 10.2. The number of nitrogens with zero attached hydrogens (tertiary/aromatic N) is 2. The molecule has 3 aliphatic rings. The first kappa shape index (κ1) is 19.8. The van der Waals surface area contributed by atoms with Crippen LogP contribution >= 0.6 is 0 Å². The number of morpholine rings is 1. The van der Waals surface area contributed by atoms with Gasteiger partial charge in [-0.3, -0.25) is 4.79 Å². The Morgan fingerprint density at radius 1 is 1.04 bits per heavy atom. The van der Waals surface area contributed by atoms with Crippen LogP contribution in [-0.2, 0) is 14.8 Å². The molecule has 3 heterocycles. The van der Waals surface area contributed by atoms with E-state index < -0.39 is 10.0 Å². The average Bonchev–Trinajstić information content (AvgIpc) is 2.74. The van der Waals surface area contributed by atoms with Gasteiger partial charge in [-0.2, -0.15) is 4.31 Å². The van der Waals surface area contributed by atoms with Crippen molar-refractivity contribution in [2.45, 2.75) is 30.6 Å². The smallest absolute Gasteiger partial charge is 0.253 e. The van der Waals surface area contributed by atoms with Crippen molar-refractivity contribution in [3.05, 3.63) is 29.8 Å². The molecule has 7 nitrogen and oxygen atoms in total. The van der Waals surface area contributed by atoms with Crippen molar-refractivity contribution in [1.82, 2.24) is 14.5 Å². The Morgan fingerprint density at radius 3 is 2.43 bits per heavy atom. The second-order valence-corrected chi connectivity index (χ2v) is 10.1. The van der Waals surface area contributed by atoms with E-state index in [2.05, 4.69) is 5.32 Å². The summed E-state index contributed by atoms with van der Waals surface area (Å²) in [6.07, 6.45) is 4.52. The second-order valence-electron chi connectivity index (χ2n) is 8.15. The van der Waals surface area contributed by atoms with Gasteiger partial charge in [-0.15, -0.1) is 0 Å². The maximum Gasteiger partial charge on any atom is 0.253 e. The maximum atomic E-state index is 13.0. The van der Waals surface area contributed by atoms with Crippen molar-refractivity contribution in [2.24, 2.45) is 5.41 Å². The number of rotatable bonds is 3. The van der Waals surface area contributed by atoms with Gasteiger partial charge in [0.25, 0.3) is 5.91 Å². The summed E-state index contributed by atoms with van der Waals surface area (Å²) < 4.78 is 32.2. The van der Waals surface area contributed by atoms with Gasteiger partial charge in [0.1, 0.15) is 0 Å². The molecule has 0 radical (unpaired) electrons. The predicted molar refractivity (Wildman–Crippen MR) is 106 cm³/mol. The van der Waals surface area contributed by atoms with Crippen LogP contribution in [0.2, 0.25) is 0 Å². The molecule has 3 saturated heterocycles. The number of piperidine rings is 2. The van der Waals surface area contributed by atoms with E-state index in [4.69, 9.17) is 4.74 Å². The molecule has 0 aromatic heterocycles.